The quantitative estimate of drug-likeness (QED) is 0.525. The predicted molar refractivity (Wildman–Crippen MR) is 89.5 cm³/mol. The maximum absolute atomic E-state index is 12.7. The first-order valence-corrected chi connectivity index (χ1v) is 8.36. The molecule has 22 heavy (non-hydrogen) atoms. The summed E-state index contributed by atoms with van der Waals surface area (Å²) in [5.41, 5.74) is 2.36. The van der Waals surface area contributed by atoms with Crippen molar-refractivity contribution in [2.24, 2.45) is 0 Å². The summed E-state index contributed by atoms with van der Waals surface area (Å²) < 4.78 is 12.7. The van der Waals surface area contributed by atoms with E-state index in [1.54, 1.807) is 18.4 Å². The van der Waals surface area contributed by atoms with Crippen molar-refractivity contribution in [2.45, 2.75) is 0 Å². The van der Waals surface area contributed by atoms with Crippen LogP contribution in [0.2, 0.25) is 0 Å². The van der Waals surface area contributed by atoms with Gasteiger partial charge in [0.05, 0.1) is 25.7 Å². The van der Waals surface area contributed by atoms with E-state index in [1.807, 2.05) is 52.9 Å². The molecule has 0 fully saturated rings. The highest BCUT2D eigenvalue weighted by molar-refractivity contribution is 7.31. The Bertz CT molecular complexity index is 991. The van der Waals surface area contributed by atoms with Gasteiger partial charge in [-0.3, -0.25) is 9.20 Å². The van der Waals surface area contributed by atoms with Crippen molar-refractivity contribution < 1.29 is 9.53 Å². The van der Waals surface area contributed by atoms with Gasteiger partial charge in [0.1, 0.15) is 11.2 Å². The number of methoxy groups -OCH3 is 1. The molecule has 0 spiro atoms. The lowest BCUT2D eigenvalue weighted by Crippen LogP contribution is -2.02. The van der Waals surface area contributed by atoms with Crippen LogP contribution >= 0.6 is 19.7 Å². The summed E-state index contributed by atoms with van der Waals surface area (Å²) in [7, 11) is 2.35. The second kappa shape index (κ2) is 5.20. The normalized spacial score (nSPS) is 11.5. The number of ether oxygens (including phenoxy) is 1. The zero-order valence-electron chi connectivity index (χ0n) is 11.7. The first kappa shape index (κ1) is 13.4. The molecule has 4 rings (SSSR count). The molecule has 0 amide bonds. The number of nitrogens with zero attached hydrogens (tertiary/aromatic N) is 2. The average molecular weight is 326 g/mol. The molecule has 0 aliphatic carbocycles. The molecule has 6 heteroatoms. The highest BCUT2D eigenvalue weighted by atomic mass is 32.1. The zero-order valence-corrected chi connectivity index (χ0v) is 13.4. The van der Waals surface area contributed by atoms with E-state index in [4.69, 9.17) is 4.74 Å². The molecule has 0 aliphatic rings. The lowest BCUT2D eigenvalue weighted by molar-refractivity contribution is 0.103. The summed E-state index contributed by atoms with van der Waals surface area (Å²) in [6.07, 6.45) is 0. The predicted octanol–water partition coefficient (Wildman–Crippen LogP) is 4.37. The summed E-state index contributed by atoms with van der Waals surface area (Å²) in [4.78, 5) is 13.6. The third kappa shape index (κ3) is 2.02. The van der Waals surface area contributed by atoms with Gasteiger partial charge < -0.3 is 4.74 Å². The fourth-order valence-corrected chi connectivity index (χ4v) is 4.46. The number of aromatic nitrogens is 2. The Morgan fingerprint density at radius 3 is 2.82 bits per heavy atom. The number of ketones is 1. The average Bonchev–Trinajstić information content (AvgIpc) is 3.13. The minimum Gasteiger partial charge on any atom is -0.497 e. The molecule has 108 valence electrons. The van der Waals surface area contributed by atoms with Gasteiger partial charge in [0.15, 0.2) is 4.96 Å². The van der Waals surface area contributed by atoms with Crippen molar-refractivity contribution in [3.8, 4) is 5.75 Å². The maximum Gasteiger partial charge on any atom is 0.216 e. The van der Waals surface area contributed by atoms with E-state index >= 15 is 0 Å². The van der Waals surface area contributed by atoms with Crippen molar-refractivity contribution in [3.05, 3.63) is 59.5 Å². The van der Waals surface area contributed by atoms with Gasteiger partial charge in [0.2, 0.25) is 5.78 Å². The summed E-state index contributed by atoms with van der Waals surface area (Å²) in [6, 6.07) is 15.2. The highest BCUT2D eigenvalue weighted by Gasteiger charge is 2.18. The molecule has 0 radical (unpaired) electrons. The van der Waals surface area contributed by atoms with Crippen LogP contribution in [-0.4, -0.2) is 22.0 Å². The van der Waals surface area contributed by atoms with Crippen molar-refractivity contribution in [3.63, 3.8) is 0 Å². The van der Waals surface area contributed by atoms with Crippen LogP contribution in [0, 0.1) is 0 Å². The van der Waals surface area contributed by atoms with Gasteiger partial charge in [0, 0.05) is 5.56 Å². The largest absolute Gasteiger partial charge is 0.497 e. The SMILES string of the molecule is COc1ccc2c(c1)sc1npc(C(=O)c3ccccc3)n12. The van der Waals surface area contributed by atoms with Crippen molar-refractivity contribution in [1.29, 1.82) is 0 Å². The van der Waals surface area contributed by atoms with Crippen LogP contribution in [0.4, 0.5) is 0 Å². The lowest BCUT2D eigenvalue weighted by Gasteiger charge is -2.01. The van der Waals surface area contributed by atoms with Crippen LogP contribution in [0.25, 0.3) is 15.2 Å². The summed E-state index contributed by atoms with van der Waals surface area (Å²) in [6.45, 7) is 0. The first-order valence-electron chi connectivity index (χ1n) is 6.69. The molecule has 0 atom stereocenters. The van der Waals surface area contributed by atoms with Crippen LogP contribution in [0.5, 0.6) is 5.75 Å². The van der Waals surface area contributed by atoms with Gasteiger partial charge in [-0.05, 0) is 18.2 Å². The lowest BCUT2D eigenvalue weighted by atomic mass is 10.1. The van der Waals surface area contributed by atoms with E-state index in [2.05, 4.69) is 4.75 Å². The molecule has 0 unspecified atom stereocenters. The molecular weight excluding hydrogens is 315 g/mol. The number of carbonyl (C=O) groups excluding carboxylic acids is 1. The van der Waals surface area contributed by atoms with Crippen LogP contribution in [0.1, 0.15) is 15.8 Å². The number of thiazole rings is 1. The summed E-state index contributed by atoms with van der Waals surface area (Å²) in [5.74, 6) is 0.826. The van der Waals surface area contributed by atoms with E-state index < -0.39 is 0 Å². The molecule has 2 aromatic carbocycles. The molecule has 0 saturated carbocycles. The summed E-state index contributed by atoms with van der Waals surface area (Å²) in [5, 5.41) is 0. The van der Waals surface area contributed by atoms with Crippen molar-refractivity contribution in [1.82, 2.24) is 9.15 Å². The van der Waals surface area contributed by atoms with Crippen LogP contribution < -0.4 is 4.74 Å². The van der Waals surface area contributed by atoms with Crippen molar-refractivity contribution in [2.75, 3.05) is 7.11 Å². The fraction of sp³-hybridized carbons (Fsp3) is 0.0625. The fourth-order valence-electron chi connectivity index (χ4n) is 2.41. The molecule has 0 N–H and O–H groups in total. The van der Waals surface area contributed by atoms with E-state index in [9.17, 15) is 4.79 Å². The van der Waals surface area contributed by atoms with Gasteiger partial charge in [-0.2, -0.15) is 4.75 Å². The Kier molecular flexibility index (Phi) is 3.17. The second-order valence-corrected chi connectivity index (χ2v) is 6.61. The van der Waals surface area contributed by atoms with Crippen molar-refractivity contribution >= 4 is 40.6 Å². The molecule has 2 aromatic heterocycles. The highest BCUT2D eigenvalue weighted by Crippen LogP contribution is 2.33. The Hall–Kier alpha value is -2.23. The molecule has 4 aromatic rings. The number of rotatable bonds is 3. The van der Waals surface area contributed by atoms with Gasteiger partial charge >= 0.3 is 0 Å². The number of fused-ring (bicyclic) bond motifs is 3. The maximum atomic E-state index is 12.7. The van der Waals surface area contributed by atoms with E-state index in [0.29, 0.717) is 19.3 Å². The molecule has 2 heterocycles. The second-order valence-electron chi connectivity index (χ2n) is 4.77. The molecule has 0 bridgehead atoms. The van der Waals surface area contributed by atoms with Gasteiger partial charge in [-0.15, -0.1) is 0 Å². The van der Waals surface area contributed by atoms with E-state index in [0.717, 1.165) is 20.9 Å². The standard InChI is InChI=1S/C16H11N2O2PS/c1-20-11-7-8-12-13(9-11)22-16-17-21-15(18(12)16)14(19)10-5-3-2-4-6-10/h2-9H,1H3. The minimum atomic E-state index is 0.0188. The molecular formula is C16H11N2O2PS. The Balaban J connectivity index is 1.93. The number of carbonyl (C=O) groups is 1. The van der Waals surface area contributed by atoms with Crippen LogP contribution in [0.15, 0.2) is 48.5 Å². The first-order chi connectivity index (χ1) is 10.8. The van der Waals surface area contributed by atoms with Gasteiger partial charge in [-0.25, -0.2) is 0 Å². The minimum absolute atomic E-state index is 0.0188. The monoisotopic (exact) mass is 326 g/mol. The Morgan fingerprint density at radius 1 is 1.23 bits per heavy atom. The molecule has 0 aliphatic heterocycles. The Labute approximate surface area is 132 Å². The summed E-state index contributed by atoms with van der Waals surface area (Å²) >= 11 is 1.57. The van der Waals surface area contributed by atoms with Gasteiger partial charge in [-0.1, -0.05) is 41.7 Å². The third-order valence-electron chi connectivity index (χ3n) is 3.48. The number of hydrogen-bond acceptors (Lipinski definition) is 4. The van der Waals surface area contributed by atoms with E-state index in [1.165, 1.54) is 0 Å². The number of hydrogen-bond donors (Lipinski definition) is 0. The van der Waals surface area contributed by atoms with Crippen LogP contribution in [0.3, 0.4) is 0 Å². The van der Waals surface area contributed by atoms with Crippen LogP contribution in [-0.2, 0) is 0 Å². The molecule has 0 saturated heterocycles. The smallest absolute Gasteiger partial charge is 0.216 e. The van der Waals surface area contributed by atoms with E-state index in [-0.39, 0.29) is 5.78 Å². The molecule has 4 nitrogen and oxygen atoms in total. The number of benzene rings is 2. The topological polar surface area (TPSA) is 43.6 Å². The Morgan fingerprint density at radius 2 is 2.05 bits per heavy atom. The van der Waals surface area contributed by atoms with Gasteiger partial charge in [0.25, 0.3) is 0 Å². The zero-order chi connectivity index (χ0) is 15.1. The third-order valence-corrected chi connectivity index (χ3v) is 5.50.